The van der Waals surface area contributed by atoms with Crippen molar-refractivity contribution >= 4 is 39.5 Å². The number of carbonyl (C=O) groups excluding carboxylic acids is 4. The Kier molecular flexibility index (Phi) is 31.9. The van der Waals surface area contributed by atoms with E-state index in [4.69, 9.17) is 37.0 Å². The van der Waals surface area contributed by atoms with Gasteiger partial charge in [0.15, 0.2) is 12.2 Å². The van der Waals surface area contributed by atoms with Gasteiger partial charge < -0.3 is 33.8 Å². The standard InChI is InChI=1S/C36H68O17P2/c1-5-8-11-13-15-17-20-23-36(41)53-33(27-47-34(39)21-18-10-7-3)29-51-55(44,45)49-25-31(38)24-48-54(42,43)50-28-32(26-46-30(4)37)52-35(40)22-19-16-14-12-9-6-2/h31-33,38H,5-29H2,1-4H3,(H,42,43)(H,44,45)/t31-,32-,33-/m1/s1. The summed E-state index contributed by atoms with van der Waals surface area (Å²) >= 11 is 0. The van der Waals surface area contributed by atoms with Crippen molar-refractivity contribution in [1.29, 1.82) is 0 Å². The second-order valence-electron chi connectivity index (χ2n) is 13.3. The third-order valence-electron chi connectivity index (χ3n) is 7.91. The number of esters is 4. The molecule has 0 aromatic heterocycles. The van der Waals surface area contributed by atoms with E-state index in [1.165, 1.54) is 0 Å². The number of unbranched alkanes of at least 4 members (excludes halogenated alkanes) is 13. The maximum Gasteiger partial charge on any atom is 0.472 e. The fourth-order valence-corrected chi connectivity index (χ4v) is 6.40. The summed E-state index contributed by atoms with van der Waals surface area (Å²) in [5.41, 5.74) is 0. The van der Waals surface area contributed by atoms with Crippen LogP contribution in [0.2, 0.25) is 0 Å². The number of hydrogen-bond donors (Lipinski definition) is 3. The minimum absolute atomic E-state index is 0.0955. The number of phosphoric acid groups is 2. The minimum Gasteiger partial charge on any atom is -0.462 e. The molecule has 19 heteroatoms. The van der Waals surface area contributed by atoms with Gasteiger partial charge in [0.2, 0.25) is 0 Å². The normalized spacial score (nSPS) is 15.3. The largest absolute Gasteiger partial charge is 0.472 e. The van der Waals surface area contributed by atoms with Crippen molar-refractivity contribution in [2.24, 2.45) is 0 Å². The van der Waals surface area contributed by atoms with E-state index >= 15 is 0 Å². The molecule has 0 heterocycles. The second kappa shape index (κ2) is 33.1. The summed E-state index contributed by atoms with van der Waals surface area (Å²) in [4.78, 5) is 68.4. The number of hydrogen-bond acceptors (Lipinski definition) is 15. The average Bonchev–Trinajstić information content (AvgIpc) is 3.13. The summed E-state index contributed by atoms with van der Waals surface area (Å²) in [7, 11) is -9.76. The molecule has 17 nitrogen and oxygen atoms in total. The van der Waals surface area contributed by atoms with Gasteiger partial charge in [-0.3, -0.25) is 37.3 Å². The molecular formula is C36H68O17P2. The lowest BCUT2D eigenvalue weighted by Gasteiger charge is -2.21. The van der Waals surface area contributed by atoms with Crippen LogP contribution in [0.3, 0.4) is 0 Å². The zero-order valence-corrected chi connectivity index (χ0v) is 35.2. The first kappa shape index (κ1) is 53.1. The number of ether oxygens (including phenoxy) is 4. The molecule has 324 valence electrons. The summed E-state index contributed by atoms with van der Waals surface area (Å²) < 4.78 is 65.0. The Morgan fingerprint density at radius 3 is 1.22 bits per heavy atom. The molecule has 0 spiro atoms. The van der Waals surface area contributed by atoms with Gasteiger partial charge in [0.05, 0.1) is 26.4 Å². The Morgan fingerprint density at radius 2 is 0.800 bits per heavy atom. The van der Waals surface area contributed by atoms with Gasteiger partial charge in [-0.05, 0) is 19.3 Å². The quantitative estimate of drug-likeness (QED) is 0.0247. The smallest absolute Gasteiger partial charge is 0.462 e. The van der Waals surface area contributed by atoms with Crippen molar-refractivity contribution in [2.45, 2.75) is 168 Å². The molecule has 0 rings (SSSR count). The highest BCUT2D eigenvalue weighted by Crippen LogP contribution is 2.45. The maximum absolute atomic E-state index is 12.5. The Morgan fingerprint density at radius 1 is 0.473 bits per heavy atom. The highest BCUT2D eigenvalue weighted by atomic mass is 31.2. The van der Waals surface area contributed by atoms with E-state index in [0.29, 0.717) is 19.3 Å². The van der Waals surface area contributed by atoms with E-state index in [1.807, 2.05) is 6.92 Å². The van der Waals surface area contributed by atoms with Crippen LogP contribution in [0.25, 0.3) is 0 Å². The van der Waals surface area contributed by atoms with Crippen molar-refractivity contribution in [1.82, 2.24) is 0 Å². The van der Waals surface area contributed by atoms with Gasteiger partial charge in [-0.15, -0.1) is 0 Å². The Balaban J connectivity index is 4.92. The van der Waals surface area contributed by atoms with Crippen LogP contribution in [0.1, 0.15) is 150 Å². The van der Waals surface area contributed by atoms with Gasteiger partial charge in [0.25, 0.3) is 0 Å². The van der Waals surface area contributed by atoms with Crippen LogP contribution < -0.4 is 0 Å². The van der Waals surface area contributed by atoms with Crippen LogP contribution in [0.4, 0.5) is 0 Å². The maximum atomic E-state index is 12.5. The van der Waals surface area contributed by atoms with E-state index in [2.05, 4.69) is 13.8 Å². The van der Waals surface area contributed by atoms with E-state index in [9.17, 15) is 43.2 Å². The van der Waals surface area contributed by atoms with Crippen molar-refractivity contribution in [2.75, 3.05) is 39.6 Å². The Bertz CT molecular complexity index is 1140. The first-order valence-corrected chi connectivity index (χ1v) is 22.7. The Labute approximate surface area is 327 Å². The highest BCUT2D eigenvalue weighted by molar-refractivity contribution is 7.47. The monoisotopic (exact) mass is 834 g/mol. The molecule has 0 aromatic rings. The predicted octanol–water partition coefficient (Wildman–Crippen LogP) is 7.02. The fourth-order valence-electron chi connectivity index (χ4n) is 4.82. The van der Waals surface area contributed by atoms with E-state index in [1.54, 1.807) is 0 Å². The van der Waals surface area contributed by atoms with Crippen LogP contribution in [0, 0.1) is 0 Å². The molecular weight excluding hydrogens is 766 g/mol. The molecule has 0 bridgehead atoms. The van der Waals surface area contributed by atoms with E-state index < -0.39 is 97.5 Å². The zero-order valence-electron chi connectivity index (χ0n) is 33.4. The Hall–Kier alpha value is -1.94. The number of carbonyl (C=O) groups is 4. The summed E-state index contributed by atoms with van der Waals surface area (Å²) in [6, 6.07) is 0. The number of aliphatic hydroxyl groups is 1. The number of phosphoric ester groups is 2. The topological polar surface area (TPSA) is 237 Å². The molecule has 0 fully saturated rings. The van der Waals surface area contributed by atoms with Gasteiger partial charge >= 0.3 is 39.5 Å². The molecule has 0 aliphatic heterocycles. The van der Waals surface area contributed by atoms with Gasteiger partial charge in [-0.25, -0.2) is 9.13 Å². The van der Waals surface area contributed by atoms with Crippen LogP contribution in [0.15, 0.2) is 0 Å². The lowest BCUT2D eigenvalue weighted by molar-refractivity contribution is -0.161. The van der Waals surface area contributed by atoms with Crippen molar-refractivity contribution in [3.8, 4) is 0 Å². The van der Waals surface area contributed by atoms with E-state index in [0.717, 1.165) is 90.4 Å². The van der Waals surface area contributed by atoms with Crippen LogP contribution in [0.5, 0.6) is 0 Å². The summed E-state index contributed by atoms with van der Waals surface area (Å²) in [5.74, 6) is -2.40. The molecule has 0 amide bonds. The molecule has 0 aliphatic rings. The van der Waals surface area contributed by atoms with Gasteiger partial charge in [-0.2, -0.15) is 0 Å². The van der Waals surface area contributed by atoms with Gasteiger partial charge in [0.1, 0.15) is 19.3 Å². The molecule has 0 radical (unpaired) electrons. The summed E-state index contributed by atoms with van der Waals surface area (Å²) in [5, 5.41) is 10.2. The van der Waals surface area contributed by atoms with Crippen LogP contribution in [-0.4, -0.2) is 96.7 Å². The van der Waals surface area contributed by atoms with Crippen LogP contribution >= 0.6 is 15.6 Å². The summed E-state index contributed by atoms with van der Waals surface area (Å²) in [6.45, 7) is 3.32. The van der Waals surface area contributed by atoms with Crippen molar-refractivity contribution in [3.05, 3.63) is 0 Å². The fraction of sp³-hybridized carbons (Fsp3) is 0.889. The SMILES string of the molecule is CCCCCCCCCC(=O)O[C@H](COC(=O)CCCCC)COP(=O)(O)OC[C@H](O)COP(=O)(O)OC[C@@H](COC(C)=O)OC(=O)CCCCCCCC. The number of aliphatic hydroxyl groups excluding tert-OH is 1. The third-order valence-corrected chi connectivity index (χ3v) is 9.81. The lowest BCUT2D eigenvalue weighted by Crippen LogP contribution is -2.30. The molecule has 2 unspecified atom stereocenters. The van der Waals surface area contributed by atoms with E-state index in [-0.39, 0.29) is 19.3 Å². The molecule has 0 saturated carbocycles. The second-order valence-corrected chi connectivity index (χ2v) is 16.2. The predicted molar refractivity (Wildman–Crippen MR) is 202 cm³/mol. The minimum atomic E-state index is -4.89. The molecule has 55 heavy (non-hydrogen) atoms. The van der Waals surface area contributed by atoms with Crippen molar-refractivity contribution in [3.63, 3.8) is 0 Å². The average molecular weight is 835 g/mol. The first-order chi connectivity index (χ1) is 26.1. The molecule has 0 saturated heterocycles. The number of rotatable bonds is 37. The first-order valence-electron chi connectivity index (χ1n) is 19.7. The van der Waals surface area contributed by atoms with Gasteiger partial charge in [-0.1, -0.05) is 104 Å². The molecule has 0 aromatic carbocycles. The highest BCUT2D eigenvalue weighted by Gasteiger charge is 2.30. The van der Waals surface area contributed by atoms with Crippen molar-refractivity contribution < 1.29 is 80.2 Å². The molecule has 5 atom stereocenters. The van der Waals surface area contributed by atoms with Crippen LogP contribution in [-0.2, 0) is 65.4 Å². The van der Waals surface area contributed by atoms with Gasteiger partial charge in [0, 0.05) is 26.2 Å². The molecule has 0 aliphatic carbocycles. The summed E-state index contributed by atoms with van der Waals surface area (Å²) in [6.07, 6.45) is 11.1. The third kappa shape index (κ3) is 33.9. The molecule has 3 N–H and O–H groups in total. The lowest BCUT2D eigenvalue weighted by atomic mass is 10.1. The zero-order chi connectivity index (χ0) is 41.4.